The van der Waals surface area contributed by atoms with Crippen molar-refractivity contribution < 1.29 is 14.7 Å². The summed E-state index contributed by atoms with van der Waals surface area (Å²) in [6, 6.07) is -0.852. The van der Waals surface area contributed by atoms with E-state index >= 15 is 0 Å². The van der Waals surface area contributed by atoms with Gasteiger partial charge in [-0.2, -0.15) is 5.01 Å². The number of nitrogens with zero attached hydrogens (tertiary/aromatic N) is 2. The first-order valence-electron chi connectivity index (χ1n) is 2.67. The molecule has 0 aromatic heterocycles. The van der Waals surface area contributed by atoms with Crippen LogP contribution in [0.4, 0.5) is 4.79 Å². The number of hydrogen-bond acceptors (Lipinski definition) is 4. The highest BCUT2D eigenvalue weighted by Gasteiger charge is 1.97. The van der Waals surface area contributed by atoms with Crippen molar-refractivity contribution in [2.75, 3.05) is 7.05 Å². The first kappa shape index (κ1) is 12.7. The molecule has 0 aliphatic rings. The number of nitroso groups, excluding NO2 is 1. The van der Waals surface area contributed by atoms with Gasteiger partial charge in [0.15, 0.2) is 0 Å². The quantitative estimate of drug-likeness (QED) is 0.347. The summed E-state index contributed by atoms with van der Waals surface area (Å²) < 4.78 is 0. The van der Waals surface area contributed by atoms with Crippen LogP contribution in [-0.4, -0.2) is 29.2 Å². The average molecular weight is 175 g/mol. The van der Waals surface area contributed by atoms with Gasteiger partial charge in [0.25, 0.3) is 0 Å². The molecule has 0 unspecified atom stereocenters. The van der Waals surface area contributed by atoms with Crippen molar-refractivity contribution in [3.8, 4) is 0 Å². The zero-order chi connectivity index (χ0) is 10.1. The van der Waals surface area contributed by atoms with Crippen LogP contribution in [0.2, 0.25) is 0 Å². The molecule has 0 rings (SSSR count). The Labute approximate surface area is 68.4 Å². The summed E-state index contributed by atoms with van der Waals surface area (Å²) in [6.45, 7) is 2.96. The van der Waals surface area contributed by atoms with Crippen LogP contribution in [0.1, 0.15) is 0 Å². The standard InChI is InChI=1S/C3H4O2.C2H5N3O2/c1-2-3(4)5;1-5(4-7)2(3)6/h2H,1H2,(H,4,5);1H3,(H2,3,6). The third-order valence-corrected chi connectivity index (χ3v) is 0.616. The van der Waals surface area contributed by atoms with Gasteiger partial charge in [0.05, 0.1) is 5.29 Å². The number of carboxylic acid groups (broad SMARTS) is 1. The van der Waals surface area contributed by atoms with Crippen molar-refractivity contribution in [2.24, 2.45) is 11.0 Å². The van der Waals surface area contributed by atoms with Crippen molar-refractivity contribution in [2.45, 2.75) is 0 Å². The second kappa shape index (κ2) is 7.19. The van der Waals surface area contributed by atoms with Crippen LogP contribution in [0.3, 0.4) is 0 Å². The van der Waals surface area contributed by atoms with Crippen LogP contribution in [-0.2, 0) is 4.79 Å². The molecule has 0 fully saturated rings. The van der Waals surface area contributed by atoms with Crippen LogP contribution in [0, 0.1) is 4.91 Å². The van der Waals surface area contributed by atoms with Crippen LogP contribution >= 0.6 is 0 Å². The highest BCUT2D eigenvalue weighted by molar-refractivity contribution is 5.78. The molecular weight excluding hydrogens is 166 g/mol. The first-order valence-corrected chi connectivity index (χ1v) is 2.67. The number of primary amides is 1. The summed E-state index contributed by atoms with van der Waals surface area (Å²) in [7, 11) is 1.18. The van der Waals surface area contributed by atoms with Crippen molar-refractivity contribution in [1.82, 2.24) is 5.01 Å². The summed E-state index contributed by atoms with van der Waals surface area (Å²) in [5.74, 6) is -0.981. The minimum absolute atomic E-state index is 0.500. The fourth-order valence-corrected chi connectivity index (χ4v) is 0.0402. The molecule has 2 amide bonds. The highest BCUT2D eigenvalue weighted by atomic mass is 16.4. The van der Waals surface area contributed by atoms with E-state index in [2.05, 4.69) is 17.6 Å². The maximum atomic E-state index is 9.78. The van der Waals surface area contributed by atoms with Gasteiger partial charge in [0.1, 0.15) is 0 Å². The molecule has 0 aliphatic heterocycles. The van der Waals surface area contributed by atoms with Gasteiger partial charge in [-0.15, -0.1) is 4.91 Å². The summed E-state index contributed by atoms with van der Waals surface area (Å²) in [5, 5.41) is 10.3. The van der Waals surface area contributed by atoms with Gasteiger partial charge in [-0.05, 0) is 0 Å². The fourth-order valence-electron chi connectivity index (χ4n) is 0.0402. The molecule has 12 heavy (non-hydrogen) atoms. The van der Waals surface area contributed by atoms with E-state index in [4.69, 9.17) is 5.11 Å². The number of carbonyl (C=O) groups is 2. The minimum atomic E-state index is -0.981. The molecule has 0 saturated carbocycles. The van der Waals surface area contributed by atoms with Crippen molar-refractivity contribution in [3.05, 3.63) is 17.6 Å². The summed E-state index contributed by atoms with van der Waals surface area (Å²) >= 11 is 0. The first-order chi connectivity index (χ1) is 5.45. The van der Waals surface area contributed by atoms with Gasteiger partial charge in [-0.3, -0.25) is 0 Å². The van der Waals surface area contributed by atoms with Crippen LogP contribution in [0.15, 0.2) is 17.9 Å². The second-order valence-corrected chi connectivity index (χ2v) is 1.49. The van der Waals surface area contributed by atoms with E-state index in [-0.39, 0.29) is 0 Å². The molecule has 3 N–H and O–H groups in total. The predicted octanol–water partition coefficient (Wildman–Crippen LogP) is -0.0647. The van der Waals surface area contributed by atoms with Gasteiger partial charge < -0.3 is 10.8 Å². The lowest BCUT2D eigenvalue weighted by Crippen LogP contribution is -2.26. The van der Waals surface area contributed by atoms with E-state index in [9.17, 15) is 14.5 Å². The van der Waals surface area contributed by atoms with E-state index in [1.165, 1.54) is 7.05 Å². The molecule has 0 saturated heterocycles. The molecule has 0 radical (unpaired) electrons. The van der Waals surface area contributed by atoms with E-state index < -0.39 is 12.0 Å². The lowest BCUT2D eigenvalue weighted by Gasteiger charge is -1.97. The molecule has 0 bridgehead atoms. The van der Waals surface area contributed by atoms with E-state index in [1.54, 1.807) is 0 Å². The van der Waals surface area contributed by atoms with Gasteiger partial charge in [-0.25, -0.2) is 9.59 Å². The lowest BCUT2D eigenvalue weighted by molar-refractivity contribution is -0.131. The number of carboxylic acids is 1. The summed E-state index contributed by atoms with van der Waals surface area (Å²) in [5.41, 5.74) is 4.54. The molecule has 0 aromatic rings. The number of aliphatic carboxylic acids is 1. The largest absolute Gasteiger partial charge is 0.478 e. The predicted molar refractivity (Wildman–Crippen MR) is 41.0 cm³/mol. The van der Waals surface area contributed by atoms with Crippen molar-refractivity contribution in [1.29, 1.82) is 0 Å². The number of urea groups is 1. The highest BCUT2D eigenvalue weighted by Crippen LogP contribution is 1.76. The van der Waals surface area contributed by atoms with Gasteiger partial charge >= 0.3 is 12.0 Å². The normalized spacial score (nSPS) is 7.08. The van der Waals surface area contributed by atoms with E-state index in [0.717, 1.165) is 6.08 Å². The Hall–Kier alpha value is -1.92. The van der Waals surface area contributed by atoms with Crippen molar-refractivity contribution in [3.63, 3.8) is 0 Å². The number of hydrogen-bond donors (Lipinski definition) is 2. The SMILES string of the molecule is C=CC(=O)O.CN(N=O)C(N)=O. The number of amides is 2. The van der Waals surface area contributed by atoms with Gasteiger partial charge in [0.2, 0.25) is 0 Å². The third kappa shape index (κ3) is 11.0. The topological polar surface area (TPSA) is 113 Å². The van der Waals surface area contributed by atoms with Crippen LogP contribution < -0.4 is 5.73 Å². The molecule has 68 valence electrons. The molecular formula is C5H9N3O4. The number of rotatable bonds is 2. The Balaban J connectivity index is 0. The lowest BCUT2D eigenvalue weighted by atomic mass is 10.7. The van der Waals surface area contributed by atoms with E-state index in [1.807, 2.05) is 0 Å². The van der Waals surface area contributed by atoms with Gasteiger partial charge in [0, 0.05) is 13.1 Å². The molecule has 0 atom stereocenters. The smallest absolute Gasteiger partial charge is 0.337 e. The second-order valence-electron chi connectivity index (χ2n) is 1.49. The average Bonchev–Trinajstić information content (AvgIpc) is 2.04. The van der Waals surface area contributed by atoms with Gasteiger partial charge in [-0.1, -0.05) is 6.58 Å². The fraction of sp³-hybridized carbons (Fsp3) is 0.200. The molecule has 7 heteroatoms. The Morgan fingerprint density at radius 2 is 2.00 bits per heavy atom. The zero-order valence-corrected chi connectivity index (χ0v) is 6.43. The van der Waals surface area contributed by atoms with Crippen LogP contribution in [0.5, 0.6) is 0 Å². The summed E-state index contributed by atoms with van der Waals surface area (Å²) in [4.78, 5) is 28.4. The van der Waals surface area contributed by atoms with Crippen molar-refractivity contribution >= 4 is 12.0 Å². The molecule has 7 nitrogen and oxygen atoms in total. The molecule has 0 spiro atoms. The molecule has 0 aromatic carbocycles. The maximum absolute atomic E-state index is 9.78. The Bertz CT molecular complexity index is 191. The minimum Gasteiger partial charge on any atom is -0.478 e. The number of carbonyl (C=O) groups excluding carboxylic acids is 1. The molecule has 0 heterocycles. The summed E-state index contributed by atoms with van der Waals surface area (Å²) in [6.07, 6.45) is 0.833. The third-order valence-electron chi connectivity index (χ3n) is 0.616. The number of nitrogens with two attached hydrogens (primary N) is 1. The Morgan fingerprint density at radius 3 is 2.00 bits per heavy atom. The van der Waals surface area contributed by atoms with Crippen LogP contribution in [0.25, 0.3) is 0 Å². The van der Waals surface area contributed by atoms with E-state index in [0.29, 0.717) is 5.01 Å². The maximum Gasteiger partial charge on any atom is 0.337 e. The Morgan fingerprint density at radius 1 is 1.67 bits per heavy atom. The molecule has 0 aliphatic carbocycles. The monoisotopic (exact) mass is 175 g/mol. The Kier molecular flexibility index (Phi) is 7.63. The zero-order valence-electron chi connectivity index (χ0n) is 6.43.